The molecule has 1 atom stereocenters. The molecule has 0 saturated carbocycles. The van der Waals surface area contributed by atoms with Crippen LogP contribution in [0.4, 0.5) is 0 Å². The topological polar surface area (TPSA) is 64.6 Å². The summed E-state index contributed by atoms with van der Waals surface area (Å²) in [6.45, 7) is 9.45. The Morgan fingerprint density at radius 3 is 2.52 bits per heavy atom. The summed E-state index contributed by atoms with van der Waals surface area (Å²) in [6.07, 6.45) is 4.71. The van der Waals surface area contributed by atoms with Gasteiger partial charge in [-0.05, 0) is 55.7 Å². The molecule has 0 aromatic heterocycles. The van der Waals surface area contributed by atoms with Gasteiger partial charge in [-0.3, -0.25) is 9.59 Å². The van der Waals surface area contributed by atoms with Crippen molar-refractivity contribution in [3.8, 4) is 0 Å². The maximum Gasteiger partial charge on any atom is 0.220 e. The Morgan fingerprint density at radius 1 is 1.22 bits per heavy atom. The minimum absolute atomic E-state index is 0.131. The third kappa shape index (κ3) is 15.5. The van der Waals surface area contributed by atoms with Crippen LogP contribution in [0.2, 0.25) is 0 Å². The molecule has 0 aliphatic heterocycles. The van der Waals surface area contributed by atoms with Crippen LogP contribution in [0, 0.1) is 0 Å². The summed E-state index contributed by atoms with van der Waals surface area (Å²) >= 11 is 2.31. The van der Waals surface area contributed by atoms with Gasteiger partial charge in [0.2, 0.25) is 5.91 Å². The van der Waals surface area contributed by atoms with Gasteiger partial charge in [-0.1, -0.05) is 13.3 Å². The lowest BCUT2D eigenvalue weighted by Gasteiger charge is -2.25. The van der Waals surface area contributed by atoms with Crippen molar-refractivity contribution in [3.05, 3.63) is 0 Å². The highest BCUT2D eigenvalue weighted by Gasteiger charge is 2.19. The fourth-order valence-corrected chi connectivity index (χ4v) is 3.73. The van der Waals surface area contributed by atoms with Gasteiger partial charge in [0.05, 0.1) is 24.6 Å². The fourth-order valence-electron chi connectivity index (χ4n) is 1.71. The summed E-state index contributed by atoms with van der Waals surface area (Å²) in [6, 6.07) is 0. The van der Waals surface area contributed by atoms with Gasteiger partial charge in [0.1, 0.15) is 5.78 Å². The lowest BCUT2D eigenvalue weighted by molar-refractivity contribution is -0.121. The number of halogens is 1. The first-order chi connectivity index (χ1) is 10.8. The van der Waals surface area contributed by atoms with E-state index in [1.807, 2.05) is 13.8 Å². The molecule has 5 nitrogen and oxygen atoms in total. The van der Waals surface area contributed by atoms with E-state index in [1.165, 1.54) is 0 Å². The predicted octanol–water partition coefficient (Wildman–Crippen LogP) is 4.22. The molecule has 0 radical (unpaired) electrons. The van der Waals surface area contributed by atoms with Crippen molar-refractivity contribution < 1.29 is 18.8 Å². The number of carbonyl (C=O) groups is 2. The Balaban J connectivity index is 3.70. The zero-order valence-electron chi connectivity index (χ0n) is 14.8. The van der Waals surface area contributed by atoms with Gasteiger partial charge in [0.15, 0.2) is 0 Å². The number of ether oxygens (including phenoxy) is 1. The van der Waals surface area contributed by atoms with Gasteiger partial charge in [-0.25, -0.2) is 0 Å². The van der Waals surface area contributed by atoms with Crippen LogP contribution >= 0.6 is 27.8 Å². The van der Waals surface area contributed by atoms with E-state index in [0.717, 1.165) is 25.4 Å². The number of hydrogen-bond donors (Lipinski definition) is 1. The van der Waals surface area contributed by atoms with Crippen LogP contribution < -0.4 is 5.32 Å². The fraction of sp³-hybridized carbons (Fsp3) is 0.875. The number of amides is 1. The van der Waals surface area contributed by atoms with Crippen molar-refractivity contribution in [1.82, 2.24) is 5.32 Å². The van der Waals surface area contributed by atoms with Crippen LogP contribution in [-0.2, 0) is 18.8 Å². The molecule has 136 valence electrons. The van der Waals surface area contributed by atoms with E-state index in [4.69, 9.17) is 9.26 Å². The minimum atomic E-state index is -0.555. The standard InChI is InChI=1S/C16H31INO4P/c1-5-6-7-15(20)18-10-13-23(17)22-12-9-16(3,4)21-11-8-14(2)19/h5-13H2,1-4H3,(H,18,20). The molecular formula is C16H31INO4P. The van der Waals surface area contributed by atoms with E-state index in [0.29, 0.717) is 32.6 Å². The van der Waals surface area contributed by atoms with Crippen LogP contribution in [0.3, 0.4) is 0 Å². The summed E-state index contributed by atoms with van der Waals surface area (Å²) in [5.74, 6) is -0.277. The molecule has 0 rings (SSSR count). The molecule has 0 aliphatic carbocycles. The Bertz CT molecular complexity index is 353. The normalized spacial score (nSPS) is 12.9. The van der Waals surface area contributed by atoms with E-state index in [-0.39, 0.29) is 17.3 Å². The van der Waals surface area contributed by atoms with E-state index >= 15 is 0 Å². The van der Waals surface area contributed by atoms with Gasteiger partial charge in [-0.2, -0.15) is 0 Å². The van der Waals surface area contributed by atoms with Crippen molar-refractivity contribution in [2.75, 3.05) is 25.9 Å². The quantitative estimate of drug-likeness (QED) is 0.312. The second-order valence-electron chi connectivity index (χ2n) is 6.14. The number of carbonyl (C=O) groups excluding carboxylic acids is 2. The third-order valence-electron chi connectivity index (χ3n) is 3.25. The molecule has 23 heavy (non-hydrogen) atoms. The molecule has 1 N–H and O–H groups in total. The molecule has 0 aromatic rings. The largest absolute Gasteiger partial charge is 0.375 e. The molecule has 0 aliphatic rings. The summed E-state index contributed by atoms with van der Waals surface area (Å²) in [5, 5.41) is 2.93. The van der Waals surface area contributed by atoms with Gasteiger partial charge < -0.3 is 14.6 Å². The van der Waals surface area contributed by atoms with Gasteiger partial charge in [-0.15, -0.1) is 0 Å². The van der Waals surface area contributed by atoms with Crippen molar-refractivity contribution >= 4 is 39.5 Å². The van der Waals surface area contributed by atoms with Crippen LogP contribution in [0.15, 0.2) is 0 Å². The Kier molecular flexibility index (Phi) is 13.6. The monoisotopic (exact) mass is 459 g/mol. The van der Waals surface area contributed by atoms with E-state index < -0.39 is 5.79 Å². The van der Waals surface area contributed by atoms with Crippen molar-refractivity contribution in [2.45, 2.75) is 65.4 Å². The zero-order valence-corrected chi connectivity index (χ0v) is 17.9. The molecule has 1 amide bonds. The highest BCUT2D eigenvalue weighted by Crippen LogP contribution is 2.45. The molecule has 0 aromatic carbocycles. The first kappa shape index (κ1) is 23.2. The van der Waals surface area contributed by atoms with Crippen LogP contribution in [-0.4, -0.2) is 43.2 Å². The second-order valence-corrected chi connectivity index (χ2v) is 10.7. The number of Topliss-reactive ketones (excluding diaryl/α,β-unsaturated/α-hetero) is 1. The Labute approximate surface area is 155 Å². The van der Waals surface area contributed by atoms with Gasteiger partial charge in [0, 0.05) is 25.5 Å². The molecule has 1 unspecified atom stereocenters. The highest BCUT2D eigenvalue weighted by atomic mass is 127. The lowest BCUT2D eigenvalue weighted by Crippen LogP contribution is -2.27. The molecule has 7 heteroatoms. The smallest absolute Gasteiger partial charge is 0.220 e. The molecule has 0 fully saturated rings. The van der Waals surface area contributed by atoms with Crippen molar-refractivity contribution in [2.24, 2.45) is 0 Å². The number of rotatable bonds is 14. The van der Waals surface area contributed by atoms with Crippen LogP contribution in [0.1, 0.15) is 59.8 Å². The average Bonchev–Trinajstić information content (AvgIpc) is 2.44. The van der Waals surface area contributed by atoms with Crippen LogP contribution in [0.5, 0.6) is 0 Å². The SMILES string of the molecule is CCCCC(=O)NCCP(I)OCCC(C)(C)OCCC(C)=O. The molecular weight excluding hydrogens is 428 g/mol. The Morgan fingerprint density at radius 2 is 1.91 bits per heavy atom. The first-order valence-corrected chi connectivity index (χ1v) is 12.5. The molecule has 0 heterocycles. The number of nitrogens with one attached hydrogen (secondary N) is 1. The zero-order chi connectivity index (χ0) is 17.7. The summed E-state index contributed by atoms with van der Waals surface area (Å²) in [5.41, 5.74) is -0.281. The minimum Gasteiger partial charge on any atom is -0.375 e. The predicted molar refractivity (Wildman–Crippen MR) is 104 cm³/mol. The van der Waals surface area contributed by atoms with E-state index in [9.17, 15) is 9.59 Å². The van der Waals surface area contributed by atoms with E-state index in [1.54, 1.807) is 6.92 Å². The molecule has 0 spiro atoms. The number of unbranched alkanes of at least 4 members (excludes halogenated alkanes) is 1. The van der Waals surface area contributed by atoms with Gasteiger partial charge in [0.25, 0.3) is 0 Å². The third-order valence-corrected chi connectivity index (χ3v) is 6.57. The number of ketones is 1. The maximum atomic E-state index is 11.5. The van der Waals surface area contributed by atoms with E-state index in [2.05, 4.69) is 34.3 Å². The first-order valence-electron chi connectivity index (χ1n) is 8.23. The maximum absolute atomic E-state index is 11.5. The van der Waals surface area contributed by atoms with Gasteiger partial charge >= 0.3 is 0 Å². The lowest BCUT2D eigenvalue weighted by atomic mass is 10.1. The summed E-state index contributed by atoms with van der Waals surface area (Å²) < 4.78 is 11.5. The molecule has 0 saturated heterocycles. The highest BCUT2D eigenvalue weighted by molar-refractivity contribution is 14.2. The summed E-state index contributed by atoms with van der Waals surface area (Å²) in [4.78, 5) is 22.4. The second kappa shape index (κ2) is 13.5. The summed E-state index contributed by atoms with van der Waals surface area (Å²) in [7, 11) is 0. The number of hydrogen-bond acceptors (Lipinski definition) is 4. The van der Waals surface area contributed by atoms with Crippen molar-refractivity contribution in [1.29, 1.82) is 0 Å². The average molecular weight is 459 g/mol. The Hall–Kier alpha value is 0.220. The molecule has 0 bridgehead atoms. The van der Waals surface area contributed by atoms with Crippen LogP contribution in [0.25, 0.3) is 0 Å². The van der Waals surface area contributed by atoms with Crippen molar-refractivity contribution in [3.63, 3.8) is 0 Å².